The van der Waals surface area contributed by atoms with Gasteiger partial charge in [-0.05, 0) is 43.2 Å². The van der Waals surface area contributed by atoms with E-state index in [0.717, 1.165) is 25.0 Å². The second-order valence-electron chi connectivity index (χ2n) is 9.90. The predicted octanol–water partition coefficient (Wildman–Crippen LogP) is 5.25. The Morgan fingerprint density at radius 1 is 1.27 bits per heavy atom. The van der Waals surface area contributed by atoms with Crippen molar-refractivity contribution in [3.05, 3.63) is 46.7 Å². The van der Waals surface area contributed by atoms with Crippen molar-refractivity contribution in [2.75, 3.05) is 13.2 Å². The highest BCUT2D eigenvalue weighted by atomic mass is 19.4. The number of carbonyl (C=O) groups excluding carboxylic acids is 2. The number of hydrogen-bond acceptors (Lipinski definition) is 5. The molecule has 5 nitrogen and oxygen atoms in total. The number of allylic oxidation sites excluding steroid dienone is 2. The number of alkyl halides is 3. The molecule has 0 N–H and O–H groups in total. The fourth-order valence-electron chi connectivity index (χ4n) is 5.06. The van der Waals surface area contributed by atoms with Crippen molar-refractivity contribution < 1.29 is 32.2 Å². The number of benzene rings is 1. The van der Waals surface area contributed by atoms with Crippen molar-refractivity contribution >= 4 is 17.5 Å². The van der Waals surface area contributed by atoms with Crippen LogP contribution in [0.3, 0.4) is 0 Å². The lowest BCUT2D eigenvalue weighted by Crippen LogP contribution is -2.40. The molecular weight excluding hydrogens is 435 g/mol. The van der Waals surface area contributed by atoms with Crippen molar-refractivity contribution in [2.24, 2.45) is 16.3 Å². The smallest absolute Gasteiger partial charge is 0.416 e. The minimum atomic E-state index is -4.54. The number of nitrogens with zero attached hydrogens (tertiary/aromatic N) is 1. The normalized spacial score (nSPS) is 27.3. The molecular formula is C25H28F3NO4. The van der Waals surface area contributed by atoms with Crippen LogP contribution in [0, 0.1) is 11.3 Å². The van der Waals surface area contributed by atoms with Crippen LogP contribution in [-0.2, 0) is 25.2 Å². The summed E-state index contributed by atoms with van der Waals surface area (Å²) in [6, 6.07) is 4.86. The molecule has 0 bridgehead atoms. The molecule has 1 unspecified atom stereocenters. The lowest BCUT2D eigenvalue weighted by atomic mass is 9.66. The van der Waals surface area contributed by atoms with Crippen LogP contribution in [0.25, 0.3) is 0 Å². The minimum Gasteiger partial charge on any atom is -0.462 e. The zero-order chi connectivity index (χ0) is 24.0. The fraction of sp³-hybridized carbons (Fsp3) is 0.560. The van der Waals surface area contributed by atoms with Crippen molar-refractivity contribution in [2.45, 2.75) is 64.7 Å². The number of hydrogen-bond donors (Lipinski definition) is 0. The Balaban J connectivity index is 1.75. The zero-order valence-electron chi connectivity index (χ0n) is 19.0. The number of ether oxygens (including phenoxy) is 2. The van der Waals surface area contributed by atoms with E-state index in [4.69, 9.17) is 9.47 Å². The van der Waals surface area contributed by atoms with Gasteiger partial charge in [0.1, 0.15) is 12.5 Å². The second-order valence-corrected chi connectivity index (χ2v) is 9.90. The molecule has 8 heteroatoms. The minimum absolute atomic E-state index is 0.0742. The Morgan fingerprint density at radius 3 is 2.70 bits per heavy atom. The summed E-state index contributed by atoms with van der Waals surface area (Å²) < 4.78 is 51.4. The Kier molecular flexibility index (Phi) is 6.24. The molecule has 0 amide bonds. The maximum atomic E-state index is 13.5. The molecule has 0 saturated carbocycles. The van der Waals surface area contributed by atoms with Crippen molar-refractivity contribution in [1.29, 1.82) is 0 Å². The summed E-state index contributed by atoms with van der Waals surface area (Å²) in [4.78, 5) is 31.1. The van der Waals surface area contributed by atoms with Gasteiger partial charge in [0.25, 0.3) is 0 Å². The van der Waals surface area contributed by atoms with E-state index in [2.05, 4.69) is 4.99 Å². The van der Waals surface area contributed by atoms with Gasteiger partial charge in [0.15, 0.2) is 5.78 Å². The van der Waals surface area contributed by atoms with Gasteiger partial charge in [0.05, 0.1) is 11.7 Å². The quantitative estimate of drug-likeness (QED) is 0.573. The summed E-state index contributed by atoms with van der Waals surface area (Å²) in [6.45, 7) is 6.28. The molecule has 178 valence electrons. The first-order valence-corrected chi connectivity index (χ1v) is 11.2. The van der Waals surface area contributed by atoms with Crippen LogP contribution >= 0.6 is 0 Å². The molecule has 0 aromatic heterocycles. The molecule has 0 radical (unpaired) electrons. The van der Waals surface area contributed by atoms with Crippen LogP contribution in [0.15, 0.2) is 40.5 Å². The van der Waals surface area contributed by atoms with E-state index in [9.17, 15) is 22.8 Å². The van der Waals surface area contributed by atoms with E-state index in [1.165, 1.54) is 12.1 Å². The molecule has 2 heterocycles. The number of rotatable bonds is 4. The summed E-state index contributed by atoms with van der Waals surface area (Å²) in [7, 11) is 0. The number of carbonyl (C=O) groups is 2. The third-order valence-corrected chi connectivity index (χ3v) is 6.56. The van der Waals surface area contributed by atoms with E-state index in [-0.39, 0.29) is 35.9 Å². The van der Waals surface area contributed by atoms with Gasteiger partial charge in [0, 0.05) is 35.9 Å². The first kappa shape index (κ1) is 23.7. The van der Waals surface area contributed by atoms with Crippen LogP contribution in [-0.4, -0.2) is 36.8 Å². The molecule has 1 saturated heterocycles. The largest absolute Gasteiger partial charge is 0.462 e. The van der Waals surface area contributed by atoms with E-state index in [1.54, 1.807) is 6.92 Å². The molecule has 3 aliphatic rings. The number of aliphatic imine (C=N–C) groups is 1. The third kappa shape index (κ3) is 4.90. The molecule has 3 atom stereocenters. The summed E-state index contributed by atoms with van der Waals surface area (Å²) in [6.07, 6.45) is -2.30. The zero-order valence-corrected chi connectivity index (χ0v) is 19.0. The van der Waals surface area contributed by atoms with Crippen molar-refractivity contribution in [3.63, 3.8) is 0 Å². The maximum Gasteiger partial charge on any atom is 0.416 e. The van der Waals surface area contributed by atoms with Crippen LogP contribution in [0.1, 0.15) is 63.5 Å². The second kappa shape index (κ2) is 8.70. The third-order valence-electron chi connectivity index (χ3n) is 6.56. The average molecular weight is 463 g/mol. The monoisotopic (exact) mass is 463 g/mol. The van der Waals surface area contributed by atoms with E-state index < -0.39 is 29.5 Å². The summed E-state index contributed by atoms with van der Waals surface area (Å²) in [5, 5.41) is 0. The topological polar surface area (TPSA) is 65.0 Å². The molecule has 1 aromatic carbocycles. The maximum absolute atomic E-state index is 13.5. The Bertz CT molecular complexity index is 1020. The Labute approximate surface area is 191 Å². The molecule has 0 spiro atoms. The van der Waals surface area contributed by atoms with Crippen LogP contribution in [0.2, 0.25) is 0 Å². The van der Waals surface area contributed by atoms with E-state index in [0.29, 0.717) is 30.0 Å². The Hall–Kier alpha value is -2.48. The van der Waals surface area contributed by atoms with Crippen molar-refractivity contribution in [3.8, 4) is 0 Å². The molecule has 1 aliphatic carbocycles. The molecule has 1 aromatic rings. The number of ketones is 1. The number of esters is 1. The summed E-state index contributed by atoms with van der Waals surface area (Å²) in [5.41, 5.74) is 0.457. The Morgan fingerprint density at radius 2 is 2.03 bits per heavy atom. The van der Waals surface area contributed by atoms with E-state index in [1.807, 2.05) is 13.8 Å². The summed E-state index contributed by atoms with van der Waals surface area (Å²) in [5.74, 6) is -2.63. The highest BCUT2D eigenvalue weighted by Crippen LogP contribution is 2.48. The lowest BCUT2D eigenvalue weighted by Gasteiger charge is -2.39. The van der Waals surface area contributed by atoms with Gasteiger partial charge in [-0.2, -0.15) is 13.2 Å². The van der Waals surface area contributed by atoms with Crippen molar-refractivity contribution in [1.82, 2.24) is 0 Å². The van der Waals surface area contributed by atoms with E-state index >= 15 is 0 Å². The van der Waals surface area contributed by atoms with Gasteiger partial charge >= 0.3 is 12.1 Å². The van der Waals surface area contributed by atoms with Gasteiger partial charge < -0.3 is 9.47 Å². The number of halogens is 3. The first-order chi connectivity index (χ1) is 15.5. The average Bonchev–Trinajstić information content (AvgIpc) is 3.23. The van der Waals surface area contributed by atoms with Crippen LogP contribution in [0.4, 0.5) is 13.2 Å². The predicted molar refractivity (Wildman–Crippen MR) is 116 cm³/mol. The lowest BCUT2D eigenvalue weighted by molar-refractivity contribution is -0.149. The van der Waals surface area contributed by atoms with Crippen LogP contribution < -0.4 is 0 Å². The molecule has 4 rings (SSSR count). The van der Waals surface area contributed by atoms with Gasteiger partial charge in [-0.1, -0.05) is 32.0 Å². The molecule has 33 heavy (non-hydrogen) atoms. The number of Topliss-reactive ketones (excluding diaryl/α,β-unsaturated/α-hetero) is 1. The SMILES string of the molecule is CC1=NC2=C(C(=O)CC(C)(C)C2)[C@@H](c2cccc(C(F)(F)F)c2)C1C(=O)OC[C@H]1CCCO1. The van der Waals surface area contributed by atoms with Gasteiger partial charge in [0.2, 0.25) is 0 Å². The molecule has 2 aliphatic heterocycles. The summed E-state index contributed by atoms with van der Waals surface area (Å²) >= 11 is 0. The van der Waals surface area contributed by atoms with Gasteiger partial charge in [-0.15, -0.1) is 0 Å². The fourth-order valence-corrected chi connectivity index (χ4v) is 5.06. The van der Waals surface area contributed by atoms with Gasteiger partial charge in [-0.25, -0.2) is 0 Å². The highest BCUT2D eigenvalue weighted by Gasteiger charge is 2.46. The van der Waals surface area contributed by atoms with Gasteiger partial charge in [-0.3, -0.25) is 14.6 Å². The standard InChI is InChI=1S/C25H28F3NO4/c1-14-20(23(31)33-13-17-8-5-9-32-17)21(15-6-4-7-16(10-15)25(26,27)28)22-18(29-14)11-24(2,3)12-19(22)30/h4,6-7,10,17,20-21H,5,8-9,11-13H2,1-3H3/t17-,20?,21+/m1/s1. The molecule has 1 fully saturated rings. The van der Waals surface area contributed by atoms with Crippen LogP contribution in [0.5, 0.6) is 0 Å². The first-order valence-electron chi connectivity index (χ1n) is 11.2. The highest BCUT2D eigenvalue weighted by molar-refractivity contribution is 6.09.